The summed E-state index contributed by atoms with van der Waals surface area (Å²) < 4.78 is 2.26. The molecule has 0 aliphatic carbocycles. The van der Waals surface area contributed by atoms with Gasteiger partial charge < -0.3 is 10.4 Å². The van der Waals surface area contributed by atoms with E-state index in [9.17, 15) is 9.90 Å². The molecule has 0 saturated heterocycles. The Balaban J connectivity index is 1.76. The van der Waals surface area contributed by atoms with Crippen LogP contribution in [0.5, 0.6) is 5.75 Å². The number of nitrogens with zero attached hydrogens (tertiary/aromatic N) is 2. The number of hydrogen-bond donors (Lipinski definition) is 2. The zero-order valence-corrected chi connectivity index (χ0v) is 12.5. The van der Waals surface area contributed by atoms with E-state index in [1.165, 1.54) is 0 Å². The van der Waals surface area contributed by atoms with E-state index in [4.69, 9.17) is 0 Å². The average molecular weight is 346 g/mol. The van der Waals surface area contributed by atoms with Crippen molar-refractivity contribution in [3.8, 4) is 5.75 Å². The number of fused-ring (bicyclic) bond motifs is 1. The summed E-state index contributed by atoms with van der Waals surface area (Å²) in [4.78, 5) is 12.2. The first-order chi connectivity index (χ1) is 10.1. The molecule has 3 aromatic rings. The Morgan fingerprint density at radius 2 is 2.19 bits per heavy atom. The van der Waals surface area contributed by atoms with E-state index >= 15 is 0 Å². The molecule has 0 bridgehead atoms. The largest absolute Gasteiger partial charge is 0.507 e. The van der Waals surface area contributed by atoms with Gasteiger partial charge in [0.1, 0.15) is 5.75 Å². The molecule has 106 valence electrons. The number of nitrogens with one attached hydrogen (secondary N) is 1. The highest BCUT2D eigenvalue weighted by molar-refractivity contribution is 9.10. The van der Waals surface area contributed by atoms with E-state index in [2.05, 4.69) is 26.3 Å². The Bertz CT molecular complexity index is 814. The number of phenolic OH excluding ortho intramolecular Hbond substituents is 1. The number of rotatable bonds is 3. The van der Waals surface area contributed by atoms with E-state index in [1.54, 1.807) is 35.1 Å². The molecule has 0 spiro atoms. The highest BCUT2D eigenvalue weighted by Gasteiger charge is 2.12. The third-order valence-electron chi connectivity index (χ3n) is 3.14. The summed E-state index contributed by atoms with van der Waals surface area (Å²) in [5, 5.41) is 16.4. The molecule has 3 rings (SSSR count). The van der Waals surface area contributed by atoms with E-state index in [0.29, 0.717) is 16.6 Å². The third-order valence-corrected chi connectivity index (χ3v) is 3.77. The summed E-state index contributed by atoms with van der Waals surface area (Å²) in [7, 11) is 0. The van der Waals surface area contributed by atoms with E-state index in [-0.39, 0.29) is 11.7 Å². The van der Waals surface area contributed by atoms with Crippen molar-refractivity contribution < 1.29 is 9.90 Å². The SMILES string of the molecule is O=C(NCc1ccc(O)c(Br)c1)c1cnn2ccccc12. The number of hydrogen-bond acceptors (Lipinski definition) is 3. The molecule has 5 nitrogen and oxygen atoms in total. The van der Waals surface area contributed by atoms with Crippen LogP contribution in [0, 0.1) is 0 Å². The fraction of sp³-hybridized carbons (Fsp3) is 0.0667. The lowest BCUT2D eigenvalue weighted by molar-refractivity contribution is 0.0952. The molecule has 0 fully saturated rings. The third kappa shape index (κ3) is 2.75. The van der Waals surface area contributed by atoms with Gasteiger partial charge in [0, 0.05) is 12.7 Å². The van der Waals surface area contributed by atoms with Gasteiger partial charge in [-0.05, 0) is 45.8 Å². The molecule has 0 saturated carbocycles. The number of aromatic hydroxyl groups is 1. The first-order valence-corrected chi connectivity index (χ1v) is 7.12. The number of pyridine rings is 1. The zero-order valence-electron chi connectivity index (χ0n) is 11.0. The molecule has 2 N–H and O–H groups in total. The van der Waals surface area contributed by atoms with Gasteiger partial charge in [-0.25, -0.2) is 4.52 Å². The molecule has 0 aliphatic heterocycles. The molecular formula is C15H12BrN3O2. The van der Waals surface area contributed by atoms with Crippen LogP contribution < -0.4 is 5.32 Å². The predicted molar refractivity (Wildman–Crippen MR) is 82.2 cm³/mol. The number of halogens is 1. The Labute approximate surface area is 129 Å². The Hall–Kier alpha value is -2.34. The molecular weight excluding hydrogens is 334 g/mol. The number of benzene rings is 1. The fourth-order valence-electron chi connectivity index (χ4n) is 2.05. The second-order valence-electron chi connectivity index (χ2n) is 4.56. The monoisotopic (exact) mass is 345 g/mol. The van der Waals surface area contributed by atoms with Crippen molar-refractivity contribution in [2.75, 3.05) is 0 Å². The molecule has 2 heterocycles. The van der Waals surface area contributed by atoms with Crippen molar-refractivity contribution in [3.05, 3.63) is 64.4 Å². The average Bonchev–Trinajstić information content (AvgIpc) is 2.92. The topological polar surface area (TPSA) is 66.6 Å². The van der Waals surface area contributed by atoms with Gasteiger partial charge >= 0.3 is 0 Å². The van der Waals surface area contributed by atoms with Crippen LogP contribution >= 0.6 is 15.9 Å². The molecule has 2 aromatic heterocycles. The minimum atomic E-state index is -0.180. The summed E-state index contributed by atoms with van der Waals surface area (Å²) in [5.41, 5.74) is 2.19. The Morgan fingerprint density at radius 1 is 1.33 bits per heavy atom. The minimum Gasteiger partial charge on any atom is -0.507 e. The lowest BCUT2D eigenvalue weighted by atomic mass is 10.2. The number of carbonyl (C=O) groups excluding carboxylic acids is 1. The van der Waals surface area contributed by atoms with E-state index in [1.807, 2.05) is 18.2 Å². The number of amides is 1. The summed E-state index contributed by atoms with van der Waals surface area (Å²) in [5.74, 6) is -0.00639. The van der Waals surface area contributed by atoms with Crippen LogP contribution in [-0.4, -0.2) is 20.6 Å². The fourth-order valence-corrected chi connectivity index (χ4v) is 2.47. The first-order valence-electron chi connectivity index (χ1n) is 6.33. The van der Waals surface area contributed by atoms with E-state index in [0.717, 1.165) is 11.1 Å². The molecule has 0 radical (unpaired) electrons. The van der Waals surface area contributed by atoms with Crippen LogP contribution in [0.4, 0.5) is 0 Å². The number of aromatic nitrogens is 2. The van der Waals surface area contributed by atoms with Crippen LogP contribution in [0.15, 0.2) is 53.3 Å². The van der Waals surface area contributed by atoms with Crippen molar-refractivity contribution >= 4 is 27.4 Å². The van der Waals surface area contributed by atoms with Crippen molar-refractivity contribution in [2.45, 2.75) is 6.54 Å². The lowest BCUT2D eigenvalue weighted by Gasteiger charge is -2.06. The standard InChI is InChI=1S/C15H12BrN3O2/c16-12-7-10(4-5-14(12)20)8-17-15(21)11-9-18-19-6-2-1-3-13(11)19/h1-7,9,20H,8H2,(H,17,21). The Kier molecular flexibility index (Phi) is 3.62. The number of carbonyl (C=O) groups is 1. The minimum absolute atomic E-state index is 0.174. The maximum atomic E-state index is 12.2. The van der Waals surface area contributed by atoms with Crippen LogP contribution in [0.1, 0.15) is 15.9 Å². The summed E-state index contributed by atoms with van der Waals surface area (Å²) >= 11 is 3.25. The first kappa shape index (κ1) is 13.6. The zero-order chi connectivity index (χ0) is 14.8. The molecule has 6 heteroatoms. The second-order valence-corrected chi connectivity index (χ2v) is 5.41. The highest BCUT2D eigenvalue weighted by Crippen LogP contribution is 2.24. The Morgan fingerprint density at radius 3 is 3.00 bits per heavy atom. The number of phenols is 1. The van der Waals surface area contributed by atoms with Gasteiger partial charge in [0.25, 0.3) is 5.91 Å². The van der Waals surface area contributed by atoms with Crippen molar-refractivity contribution in [1.29, 1.82) is 0 Å². The maximum absolute atomic E-state index is 12.2. The second kappa shape index (κ2) is 5.57. The van der Waals surface area contributed by atoms with Crippen LogP contribution in [0.25, 0.3) is 5.52 Å². The van der Waals surface area contributed by atoms with Crippen molar-refractivity contribution in [3.63, 3.8) is 0 Å². The quantitative estimate of drug-likeness (QED) is 0.766. The van der Waals surface area contributed by atoms with Gasteiger partial charge in [0.05, 0.1) is 21.7 Å². The molecule has 21 heavy (non-hydrogen) atoms. The van der Waals surface area contributed by atoms with Crippen LogP contribution in [0.2, 0.25) is 0 Å². The molecule has 0 aliphatic rings. The van der Waals surface area contributed by atoms with Crippen molar-refractivity contribution in [2.24, 2.45) is 0 Å². The van der Waals surface area contributed by atoms with Gasteiger partial charge in [0.15, 0.2) is 0 Å². The van der Waals surface area contributed by atoms with Gasteiger partial charge in [-0.2, -0.15) is 5.10 Å². The summed E-state index contributed by atoms with van der Waals surface area (Å²) in [6.45, 7) is 0.377. The molecule has 0 atom stereocenters. The molecule has 1 amide bonds. The summed E-state index contributed by atoms with van der Waals surface area (Å²) in [6, 6.07) is 10.7. The predicted octanol–water partition coefficient (Wildman–Crippen LogP) is 2.73. The summed E-state index contributed by atoms with van der Waals surface area (Å²) in [6.07, 6.45) is 3.35. The van der Waals surface area contributed by atoms with Crippen LogP contribution in [0.3, 0.4) is 0 Å². The normalized spacial score (nSPS) is 10.7. The lowest BCUT2D eigenvalue weighted by Crippen LogP contribution is -2.22. The maximum Gasteiger partial charge on any atom is 0.255 e. The highest BCUT2D eigenvalue weighted by atomic mass is 79.9. The molecule has 1 aromatic carbocycles. The van der Waals surface area contributed by atoms with Crippen LogP contribution in [-0.2, 0) is 6.54 Å². The van der Waals surface area contributed by atoms with Crippen molar-refractivity contribution in [1.82, 2.24) is 14.9 Å². The van der Waals surface area contributed by atoms with Gasteiger partial charge in [0.2, 0.25) is 0 Å². The van der Waals surface area contributed by atoms with E-state index < -0.39 is 0 Å². The molecule has 0 unspecified atom stereocenters. The smallest absolute Gasteiger partial charge is 0.255 e. The van der Waals surface area contributed by atoms with Gasteiger partial charge in [-0.1, -0.05) is 12.1 Å². The van der Waals surface area contributed by atoms with Gasteiger partial charge in [-0.15, -0.1) is 0 Å². The van der Waals surface area contributed by atoms with Gasteiger partial charge in [-0.3, -0.25) is 4.79 Å².